The van der Waals surface area contributed by atoms with E-state index in [0.29, 0.717) is 0 Å². The van der Waals surface area contributed by atoms with Crippen LogP contribution in [0.1, 0.15) is 11.3 Å². The molecule has 5 nitrogen and oxygen atoms in total. The Morgan fingerprint density at radius 1 is 1.12 bits per heavy atom. The number of aryl methyl sites for hydroxylation is 1. The Labute approximate surface area is 147 Å². The van der Waals surface area contributed by atoms with Crippen LogP contribution in [0.2, 0.25) is 0 Å². The highest BCUT2D eigenvalue weighted by atomic mass is 16.5. The summed E-state index contributed by atoms with van der Waals surface area (Å²) in [5, 5.41) is 6.41. The third-order valence-electron chi connectivity index (χ3n) is 4.40. The molecule has 2 aliphatic rings. The van der Waals surface area contributed by atoms with Gasteiger partial charge in [-0.1, -0.05) is 24.3 Å². The predicted octanol–water partition coefficient (Wildman–Crippen LogP) is 3.50. The lowest BCUT2D eigenvalue weighted by Crippen LogP contribution is -2.26. The first-order valence-electron chi connectivity index (χ1n) is 8.29. The first-order valence-corrected chi connectivity index (χ1v) is 8.29. The third-order valence-corrected chi connectivity index (χ3v) is 4.40. The molecular formula is C20H20N4O. The largest absolute Gasteiger partial charge is 0.497 e. The second-order valence-electron chi connectivity index (χ2n) is 6.14. The fourth-order valence-electron chi connectivity index (χ4n) is 3.04. The molecule has 1 aromatic carbocycles. The average molecular weight is 332 g/mol. The molecule has 4 rings (SSSR count). The number of aromatic nitrogens is 1. The first-order chi connectivity index (χ1) is 12.2. The van der Waals surface area contributed by atoms with E-state index in [1.165, 1.54) is 16.7 Å². The number of ether oxygens (including phenoxy) is 1. The molecule has 0 saturated heterocycles. The van der Waals surface area contributed by atoms with E-state index in [4.69, 9.17) is 4.74 Å². The Hall–Kier alpha value is -3.08. The van der Waals surface area contributed by atoms with E-state index >= 15 is 0 Å². The van der Waals surface area contributed by atoms with Gasteiger partial charge >= 0.3 is 0 Å². The van der Waals surface area contributed by atoms with E-state index in [9.17, 15) is 0 Å². The smallest absolute Gasteiger partial charge is 0.134 e. The van der Waals surface area contributed by atoms with Gasteiger partial charge in [0.15, 0.2) is 0 Å². The highest BCUT2D eigenvalue weighted by Crippen LogP contribution is 2.25. The van der Waals surface area contributed by atoms with Crippen LogP contribution < -0.4 is 0 Å². The zero-order valence-electron chi connectivity index (χ0n) is 14.4. The van der Waals surface area contributed by atoms with Crippen LogP contribution in [-0.4, -0.2) is 34.9 Å². The number of hydrazone groups is 1. The van der Waals surface area contributed by atoms with Gasteiger partial charge in [-0.2, -0.15) is 5.10 Å². The van der Waals surface area contributed by atoms with Crippen LogP contribution in [-0.2, 0) is 11.3 Å². The van der Waals surface area contributed by atoms with E-state index in [1.54, 1.807) is 7.11 Å². The molecular weight excluding hydrogens is 312 g/mol. The molecule has 5 heteroatoms. The van der Waals surface area contributed by atoms with Gasteiger partial charge in [-0.3, -0.25) is 4.98 Å². The topological polar surface area (TPSA) is 41.0 Å². The zero-order valence-corrected chi connectivity index (χ0v) is 14.4. The molecule has 0 N–H and O–H groups in total. The molecule has 126 valence electrons. The number of nitrogens with zero attached hydrogens (tertiary/aromatic N) is 4. The summed E-state index contributed by atoms with van der Waals surface area (Å²) in [6.07, 6.45) is 7.77. The summed E-state index contributed by atoms with van der Waals surface area (Å²) < 4.78 is 5.34. The van der Waals surface area contributed by atoms with Gasteiger partial charge in [-0.25, -0.2) is 5.01 Å². The number of benzene rings is 1. The summed E-state index contributed by atoms with van der Waals surface area (Å²) in [4.78, 5) is 6.39. The quantitative estimate of drug-likeness (QED) is 0.859. The van der Waals surface area contributed by atoms with Crippen LogP contribution in [0.3, 0.4) is 0 Å². The Bertz CT molecular complexity index is 868. The number of hydrogen-bond acceptors (Lipinski definition) is 5. The number of methoxy groups -OCH3 is 1. The van der Waals surface area contributed by atoms with Crippen molar-refractivity contribution >= 4 is 6.34 Å². The number of hydrogen-bond donors (Lipinski definition) is 0. The van der Waals surface area contributed by atoms with Crippen molar-refractivity contribution in [2.24, 2.45) is 5.10 Å². The second-order valence-corrected chi connectivity index (χ2v) is 6.14. The van der Waals surface area contributed by atoms with Crippen molar-refractivity contribution in [2.45, 2.75) is 13.5 Å². The van der Waals surface area contributed by atoms with E-state index in [2.05, 4.69) is 45.3 Å². The number of rotatable bonds is 4. The van der Waals surface area contributed by atoms with Gasteiger partial charge in [-0.05, 0) is 41.8 Å². The molecule has 0 unspecified atom stereocenters. The summed E-state index contributed by atoms with van der Waals surface area (Å²) in [6.45, 7) is 3.53. The van der Waals surface area contributed by atoms with E-state index < -0.39 is 0 Å². The normalized spacial score (nSPS) is 15.8. The molecule has 3 heterocycles. The highest BCUT2D eigenvalue weighted by Gasteiger charge is 2.24. The van der Waals surface area contributed by atoms with E-state index in [1.807, 2.05) is 42.7 Å². The van der Waals surface area contributed by atoms with Gasteiger partial charge in [0.25, 0.3) is 0 Å². The Morgan fingerprint density at radius 3 is 2.72 bits per heavy atom. The number of fused-ring (bicyclic) bond motifs is 1. The lowest BCUT2D eigenvalue weighted by atomic mass is 10.0. The van der Waals surface area contributed by atoms with Gasteiger partial charge < -0.3 is 9.64 Å². The summed E-state index contributed by atoms with van der Waals surface area (Å²) in [5.74, 6) is 1.93. The minimum atomic E-state index is 0.738. The summed E-state index contributed by atoms with van der Waals surface area (Å²) >= 11 is 0. The molecule has 0 spiro atoms. The second kappa shape index (κ2) is 6.43. The molecule has 25 heavy (non-hydrogen) atoms. The van der Waals surface area contributed by atoms with Crippen molar-refractivity contribution in [3.63, 3.8) is 0 Å². The zero-order chi connectivity index (χ0) is 17.2. The monoisotopic (exact) mass is 332 g/mol. The van der Waals surface area contributed by atoms with Gasteiger partial charge in [0, 0.05) is 18.0 Å². The number of pyridine rings is 1. The standard InChI is InChI=1S/C20H20N4O/c1-15-11-18(7-9-21-15)17-5-3-16(4-6-17)13-23-14-22-24-10-8-19(25-2)12-20(23)24/h3-9,11-12,14H,10,13H2,1-2H3. The van der Waals surface area contributed by atoms with E-state index in [0.717, 1.165) is 30.4 Å². The maximum absolute atomic E-state index is 5.34. The van der Waals surface area contributed by atoms with Crippen LogP contribution in [0, 0.1) is 6.92 Å². The first kappa shape index (κ1) is 15.4. The maximum Gasteiger partial charge on any atom is 0.134 e. The molecule has 0 bridgehead atoms. The number of allylic oxidation sites excluding steroid dienone is 1. The molecule has 2 aromatic rings. The lowest BCUT2D eigenvalue weighted by Gasteiger charge is -2.25. The molecule has 0 aliphatic carbocycles. The minimum absolute atomic E-state index is 0.738. The minimum Gasteiger partial charge on any atom is -0.497 e. The third kappa shape index (κ3) is 3.13. The van der Waals surface area contributed by atoms with Crippen molar-refractivity contribution in [3.8, 4) is 11.1 Å². The van der Waals surface area contributed by atoms with Crippen LogP contribution in [0.4, 0.5) is 0 Å². The van der Waals surface area contributed by atoms with Crippen molar-refractivity contribution in [1.82, 2.24) is 14.9 Å². The van der Waals surface area contributed by atoms with E-state index in [-0.39, 0.29) is 0 Å². The predicted molar refractivity (Wildman–Crippen MR) is 98.3 cm³/mol. The Kier molecular flexibility index (Phi) is 3.98. The molecule has 0 atom stereocenters. The van der Waals surface area contributed by atoms with Crippen molar-refractivity contribution in [3.05, 3.63) is 77.6 Å². The highest BCUT2D eigenvalue weighted by molar-refractivity contribution is 5.64. The fourth-order valence-corrected chi connectivity index (χ4v) is 3.04. The molecule has 2 aliphatic heterocycles. The van der Waals surface area contributed by atoms with Gasteiger partial charge in [0.05, 0.1) is 20.2 Å². The average Bonchev–Trinajstić information content (AvgIpc) is 3.04. The molecule has 0 radical (unpaired) electrons. The maximum atomic E-state index is 5.34. The summed E-state index contributed by atoms with van der Waals surface area (Å²) in [5.41, 5.74) is 4.66. The van der Waals surface area contributed by atoms with Crippen LogP contribution >= 0.6 is 0 Å². The molecule has 0 saturated carbocycles. The Morgan fingerprint density at radius 2 is 1.96 bits per heavy atom. The van der Waals surface area contributed by atoms with Gasteiger partial charge in [0.1, 0.15) is 17.9 Å². The molecule has 0 amide bonds. The molecule has 1 aromatic heterocycles. The SMILES string of the molecule is COC1=CCN2N=CN(Cc3ccc(-c4ccnc(C)c4)cc3)C2=C1. The lowest BCUT2D eigenvalue weighted by molar-refractivity contribution is 0.275. The van der Waals surface area contributed by atoms with Crippen molar-refractivity contribution < 1.29 is 4.74 Å². The van der Waals surface area contributed by atoms with Gasteiger partial charge in [0.2, 0.25) is 0 Å². The van der Waals surface area contributed by atoms with Crippen LogP contribution in [0.15, 0.2) is 71.4 Å². The molecule has 0 fully saturated rings. The van der Waals surface area contributed by atoms with Crippen molar-refractivity contribution in [1.29, 1.82) is 0 Å². The fraction of sp³-hybridized carbons (Fsp3) is 0.200. The van der Waals surface area contributed by atoms with Crippen LogP contribution in [0.5, 0.6) is 0 Å². The van der Waals surface area contributed by atoms with Crippen LogP contribution in [0.25, 0.3) is 11.1 Å². The van der Waals surface area contributed by atoms with Crippen molar-refractivity contribution in [2.75, 3.05) is 13.7 Å². The Balaban J connectivity index is 1.51. The van der Waals surface area contributed by atoms with Gasteiger partial charge in [-0.15, -0.1) is 0 Å². The summed E-state index contributed by atoms with van der Waals surface area (Å²) in [6, 6.07) is 12.8. The summed E-state index contributed by atoms with van der Waals surface area (Å²) in [7, 11) is 1.69.